The molecule has 0 unspecified atom stereocenters. The quantitative estimate of drug-likeness (QED) is 0.558. The number of methoxy groups -OCH3 is 1. The number of hydrogen-bond donors (Lipinski definition) is 0. The predicted octanol–water partition coefficient (Wildman–Crippen LogP) is 4.26. The largest absolute Gasteiger partial charge is 0.452 e. The highest BCUT2D eigenvalue weighted by atomic mass is 32.2. The second-order valence-corrected chi connectivity index (χ2v) is 7.77. The van der Waals surface area contributed by atoms with E-state index in [1.54, 1.807) is 17.2 Å². The molecule has 0 radical (unpaired) electrons. The number of rotatable bonds is 4. The lowest BCUT2D eigenvalue weighted by Gasteiger charge is -2.29. The minimum atomic E-state index is -0.549. The number of carbonyl (C=O) groups excluding carboxylic acids is 2. The number of benzene rings is 1. The third kappa shape index (κ3) is 3.99. The Labute approximate surface area is 168 Å². The first-order valence-corrected chi connectivity index (χ1v) is 9.88. The van der Waals surface area contributed by atoms with Crippen LogP contribution in [0.15, 0.2) is 67.0 Å². The van der Waals surface area contributed by atoms with E-state index < -0.39 is 6.09 Å². The molecule has 27 heavy (non-hydrogen) atoms. The van der Waals surface area contributed by atoms with Gasteiger partial charge in [0, 0.05) is 29.6 Å². The Morgan fingerprint density at radius 1 is 1.37 bits per heavy atom. The molecule has 7 heteroatoms. The zero-order valence-electron chi connectivity index (χ0n) is 14.9. The third-order valence-corrected chi connectivity index (χ3v) is 5.96. The number of amides is 2. The molecule has 0 N–H and O–H groups in total. The van der Waals surface area contributed by atoms with Gasteiger partial charge >= 0.3 is 6.09 Å². The molecular formula is C20H20N2O3S2. The van der Waals surface area contributed by atoms with Crippen molar-refractivity contribution in [3.8, 4) is 0 Å². The molecule has 2 heterocycles. The van der Waals surface area contributed by atoms with E-state index in [1.807, 2.05) is 36.4 Å². The Morgan fingerprint density at radius 3 is 2.78 bits per heavy atom. The Kier molecular flexibility index (Phi) is 6.13. The van der Waals surface area contributed by atoms with Crippen molar-refractivity contribution >= 4 is 40.3 Å². The highest BCUT2D eigenvalue weighted by Crippen LogP contribution is 2.38. The summed E-state index contributed by atoms with van der Waals surface area (Å²) in [6, 6.07) is 9.71. The van der Waals surface area contributed by atoms with Crippen LogP contribution in [0, 0.1) is 5.92 Å². The SMILES string of the molecule is C=CC[C@@H]1C=CN(C(=O)OC)C=C1C(=O)N1C(=S)SC[C@@H]1c1ccccc1. The lowest BCUT2D eigenvalue weighted by molar-refractivity contribution is -0.125. The molecule has 2 atom stereocenters. The Balaban J connectivity index is 1.94. The van der Waals surface area contributed by atoms with Gasteiger partial charge in [0.2, 0.25) is 0 Å². The second kappa shape index (κ2) is 8.54. The summed E-state index contributed by atoms with van der Waals surface area (Å²) in [7, 11) is 1.30. The number of allylic oxidation sites excluding steroid dienone is 2. The third-order valence-electron chi connectivity index (χ3n) is 4.49. The lowest BCUT2D eigenvalue weighted by atomic mass is 9.92. The summed E-state index contributed by atoms with van der Waals surface area (Å²) in [4.78, 5) is 28.3. The number of nitrogens with zero attached hydrogens (tertiary/aromatic N) is 2. The lowest BCUT2D eigenvalue weighted by Crippen LogP contribution is -2.38. The molecule has 0 aliphatic carbocycles. The predicted molar refractivity (Wildman–Crippen MR) is 111 cm³/mol. The molecular weight excluding hydrogens is 380 g/mol. The van der Waals surface area contributed by atoms with E-state index in [-0.39, 0.29) is 17.9 Å². The van der Waals surface area contributed by atoms with E-state index in [1.165, 1.54) is 30.0 Å². The highest BCUT2D eigenvalue weighted by molar-refractivity contribution is 8.23. The zero-order valence-corrected chi connectivity index (χ0v) is 16.5. The van der Waals surface area contributed by atoms with E-state index in [0.717, 1.165) is 5.56 Å². The molecule has 3 rings (SSSR count). The first-order chi connectivity index (χ1) is 13.1. The summed E-state index contributed by atoms with van der Waals surface area (Å²) >= 11 is 6.96. The topological polar surface area (TPSA) is 49.9 Å². The molecule has 1 saturated heterocycles. The number of carbonyl (C=O) groups is 2. The normalized spacial score (nSPS) is 21.8. The summed E-state index contributed by atoms with van der Waals surface area (Å²) in [6.45, 7) is 3.77. The van der Waals surface area contributed by atoms with Gasteiger partial charge in [-0.25, -0.2) is 4.79 Å². The van der Waals surface area contributed by atoms with E-state index in [0.29, 0.717) is 22.1 Å². The minimum Gasteiger partial charge on any atom is -0.452 e. The van der Waals surface area contributed by atoms with Gasteiger partial charge in [-0.2, -0.15) is 0 Å². The monoisotopic (exact) mass is 400 g/mol. The fraction of sp³-hybridized carbons (Fsp3) is 0.250. The molecule has 5 nitrogen and oxygen atoms in total. The molecule has 1 fully saturated rings. The Hall–Kier alpha value is -2.38. The standard InChI is InChI=1S/C20H20N2O3S2/c1-3-7-14-10-11-21(19(24)25-2)12-16(14)18(23)22-17(13-27-20(22)26)15-8-5-4-6-9-15/h3-6,8-12,14,17H,1,7,13H2,2H3/t14-,17-/m1/s1. The molecule has 1 aromatic rings. The first-order valence-electron chi connectivity index (χ1n) is 8.49. The van der Waals surface area contributed by atoms with Crippen LogP contribution in [-0.4, -0.2) is 39.0 Å². The number of ether oxygens (including phenoxy) is 1. The number of thioether (sulfide) groups is 1. The van der Waals surface area contributed by atoms with Crippen LogP contribution in [0.4, 0.5) is 4.79 Å². The van der Waals surface area contributed by atoms with Gasteiger partial charge in [-0.3, -0.25) is 14.6 Å². The Morgan fingerprint density at radius 2 is 2.11 bits per heavy atom. The van der Waals surface area contributed by atoms with Crippen LogP contribution in [0.25, 0.3) is 0 Å². The van der Waals surface area contributed by atoms with Crippen LogP contribution in [0.1, 0.15) is 18.0 Å². The van der Waals surface area contributed by atoms with E-state index >= 15 is 0 Å². The maximum atomic E-state index is 13.4. The van der Waals surface area contributed by atoms with Gasteiger partial charge in [-0.1, -0.05) is 66.5 Å². The van der Waals surface area contributed by atoms with Gasteiger partial charge < -0.3 is 4.74 Å². The van der Waals surface area contributed by atoms with Crippen molar-refractivity contribution in [2.75, 3.05) is 12.9 Å². The van der Waals surface area contributed by atoms with E-state index in [4.69, 9.17) is 17.0 Å². The molecule has 2 aliphatic heterocycles. The molecule has 0 aromatic heterocycles. The van der Waals surface area contributed by atoms with Crippen molar-refractivity contribution in [1.29, 1.82) is 0 Å². The number of thiocarbonyl (C=S) groups is 1. The zero-order chi connectivity index (χ0) is 19.4. The van der Waals surface area contributed by atoms with Crippen molar-refractivity contribution in [3.05, 3.63) is 72.6 Å². The second-order valence-electron chi connectivity index (χ2n) is 6.11. The summed E-state index contributed by atoms with van der Waals surface area (Å²) in [5.74, 6) is 0.356. The van der Waals surface area contributed by atoms with E-state index in [9.17, 15) is 9.59 Å². The molecule has 1 aromatic carbocycles. The van der Waals surface area contributed by atoms with Crippen LogP contribution in [0.5, 0.6) is 0 Å². The fourth-order valence-electron chi connectivity index (χ4n) is 3.11. The highest BCUT2D eigenvalue weighted by Gasteiger charge is 2.38. The summed E-state index contributed by atoms with van der Waals surface area (Å²) in [5, 5.41) is 0. The maximum Gasteiger partial charge on any atom is 0.417 e. The number of hydrogen-bond acceptors (Lipinski definition) is 5. The van der Waals surface area contributed by atoms with Gasteiger partial charge in [-0.05, 0) is 12.0 Å². The summed E-state index contributed by atoms with van der Waals surface area (Å²) in [5.41, 5.74) is 1.53. The van der Waals surface area contributed by atoms with Gasteiger partial charge in [0.1, 0.15) is 4.32 Å². The molecule has 2 aliphatic rings. The van der Waals surface area contributed by atoms with Gasteiger partial charge in [0.15, 0.2) is 0 Å². The Bertz CT molecular complexity index is 820. The van der Waals surface area contributed by atoms with Crippen LogP contribution in [0.2, 0.25) is 0 Å². The average molecular weight is 401 g/mol. The molecule has 0 spiro atoms. The summed E-state index contributed by atoms with van der Waals surface area (Å²) in [6.07, 6.45) is 6.77. The van der Waals surface area contributed by atoms with Crippen molar-refractivity contribution < 1.29 is 14.3 Å². The minimum absolute atomic E-state index is 0.126. The molecule has 2 amide bonds. The summed E-state index contributed by atoms with van der Waals surface area (Å²) < 4.78 is 5.31. The van der Waals surface area contributed by atoms with Crippen molar-refractivity contribution in [3.63, 3.8) is 0 Å². The smallest absolute Gasteiger partial charge is 0.417 e. The van der Waals surface area contributed by atoms with Gasteiger partial charge in [-0.15, -0.1) is 6.58 Å². The van der Waals surface area contributed by atoms with Crippen molar-refractivity contribution in [2.24, 2.45) is 5.92 Å². The van der Waals surface area contributed by atoms with Crippen molar-refractivity contribution in [2.45, 2.75) is 12.5 Å². The van der Waals surface area contributed by atoms with Crippen LogP contribution in [0.3, 0.4) is 0 Å². The fourth-order valence-corrected chi connectivity index (χ4v) is 4.52. The maximum absolute atomic E-state index is 13.4. The van der Waals surface area contributed by atoms with Crippen LogP contribution < -0.4 is 0 Å². The van der Waals surface area contributed by atoms with Crippen LogP contribution in [-0.2, 0) is 9.53 Å². The van der Waals surface area contributed by atoms with Crippen molar-refractivity contribution in [1.82, 2.24) is 9.80 Å². The van der Waals surface area contributed by atoms with E-state index in [2.05, 4.69) is 6.58 Å². The molecule has 0 bridgehead atoms. The first kappa shape index (κ1) is 19.4. The molecule has 0 saturated carbocycles. The average Bonchev–Trinajstić information content (AvgIpc) is 3.09. The van der Waals surface area contributed by atoms with Gasteiger partial charge in [0.25, 0.3) is 5.91 Å². The van der Waals surface area contributed by atoms with Crippen LogP contribution >= 0.6 is 24.0 Å². The molecule has 140 valence electrons. The van der Waals surface area contributed by atoms with Gasteiger partial charge in [0.05, 0.1) is 13.2 Å².